The number of rotatable bonds is 2. The van der Waals surface area contributed by atoms with Gasteiger partial charge in [-0.05, 0) is 24.8 Å². The number of carbonyl (C=O) groups excluding carboxylic acids is 1. The third-order valence-corrected chi connectivity index (χ3v) is 3.34. The Labute approximate surface area is 102 Å². The average molecular weight is 233 g/mol. The van der Waals surface area contributed by atoms with E-state index in [2.05, 4.69) is 17.2 Å². The van der Waals surface area contributed by atoms with E-state index in [0.717, 1.165) is 37.5 Å². The molecule has 1 aromatic heterocycles. The van der Waals surface area contributed by atoms with E-state index in [1.807, 2.05) is 18.0 Å². The maximum absolute atomic E-state index is 12.2. The monoisotopic (exact) mass is 233 g/mol. The Morgan fingerprint density at radius 3 is 2.76 bits per heavy atom. The molecule has 4 nitrogen and oxygen atoms in total. The van der Waals surface area contributed by atoms with Gasteiger partial charge in [0.05, 0.1) is 11.3 Å². The Hall–Kier alpha value is -1.58. The lowest BCUT2D eigenvalue weighted by Gasteiger charge is -2.30. The highest BCUT2D eigenvalue weighted by Gasteiger charge is 2.21. The van der Waals surface area contributed by atoms with E-state index in [1.165, 1.54) is 0 Å². The van der Waals surface area contributed by atoms with Crippen LogP contribution in [0.4, 0.5) is 5.69 Å². The highest BCUT2D eigenvalue weighted by molar-refractivity contribution is 5.94. The van der Waals surface area contributed by atoms with Crippen LogP contribution in [-0.2, 0) is 0 Å². The molecule has 0 radical (unpaired) electrons. The van der Waals surface area contributed by atoms with Crippen molar-refractivity contribution < 1.29 is 4.79 Å². The summed E-state index contributed by atoms with van der Waals surface area (Å²) in [6, 6.07) is 1.85. The van der Waals surface area contributed by atoms with Crippen molar-refractivity contribution in [1.29, 1.82) is 0 Å². The number of piperidine rings is 1. The van der Waals surface area contributed by atoms with Crippen LogP contribution in [0.1, 0.15) is 30.1 Å². The minimum Gasteiger partial charge on any atom is -0.387 e. The quantitative estimate of drug-likeness (QED) is 0.849. The third-order valence-electron chi connectivity index (χ3n) is 3.34. The molecule has 0 unspecified atom stereocenters. The minimum atomic E-state index is 0.0986. The van der Waals surface area contributed by atoms with Gasteiger partial charge in [0, 0.05) is 32.5 Å². The van der Waals surface area contributed by atoms with Crippen LogP contribution in [0.3, 0.4) is 0 Å². The molecule has 0 saturated carbocycles. The molecule has 92 valence electrons. The van der Waals surface area contributed by atoms with Crippen molar-refractivity contribution in [1.82, 2.24) is 9.88 Å². The van der Waals surface area contributed by atoms with Gasteiger partial charge in [0.25, 0.3) is 5.91 Å². The van der Waals surface area contributed by atoms with Gasteiger partial charge in [-0.2, -0.15) is 0 Å². The number of hydrogen-bond donors (Lipinski definition) is 1. The molecule has 0 aliphatic carbocycles. The van der Waals surface area contributed by atoms with E-state index in [1.54, 1.807) is 12.4 Å². The summed E-state index contributed by atoms with van der Waals surface area (Å²) in [5.74, 6) is 0.835. The van der Waals surface area contributed by atoms with Gasteiger partial charge in [-0.1, -0.05) is 6.92 Å². The minimum absolute atomic E-state index is 0.0986. The summed E-state index contributed by atoms with van der Waals surface area (Å²) in [5, 5.41) is 3.00. The third kappa shape index (κ3) is 2.75. The first kappa shape index (κ1) is 11.9. The van der Waals surface area contributed by atoms with E-state index in [0.29, 0.717) is 5.56 Å². The van der Waals surface area contributed by atoms with E-state index in [-0.39, 0.29) is 5.91 Å². The van der Waals surface area contributed by atoms with Crippen LogP contribution in [-0.4, -0.2) is 35.9 Å². The Kier molecular flexibility index (Phi) is 3.61. The van der Waals surface area contributed by atoms with E-state index >= 15 is 0 Å². The molecule has 1 amide bonds. The topological polar surface area (TPSA) is 45.2 Å². The van der Waals surface area contributed by atoms with Gasteiger partial charge in [-0.15, -0.1) is 0 Å². The summed E-state index contributed by atoms with van der Waals surface area (Å²) in [7, 11) is 1.83. The zero-order valence-corrected chi connectivity index (χ0v) is 10.4. The normalized spacial score (nSPS) is 16.9. The summed E-state index contributed by atoms with van der Waals surface area (Å²) in [6.45, 7) is 3.97. The van der Waals surface area contributed by atoms with Crippen molar-refractivity contribution in [3.63, 3.8) is 0 Å². The molecule has 1 aromatic rings. The molecule has 0 bridgehead atoms. The average Bonchev–Trinajstić information content (AvgIpc) is 2.39. The fourth-order valence-electron chi connectivity index (χ4n) is 2.09. The summed E-state index contributed by atoms with van der Waals surface area (Å²) < 4.78 is 0. The van der Waals surface area contributed by atoms with Crippen molar-refractivity contribution >= 4 is 11.6 Å². The van der Waals surface area contributed by atoms with Crippen molar-refractivity contribution in [2.24, 2.45) is 5.92 Å². The molecule has 4 heteroatoms. The highest BCUT2D eigenvalue weighted by atomic mass is 16.2. The molecule has 1 aliphatic rings. The number of carbonyl (C=O) groups is 1. The van der Waals surface area contributed by atoms with Crippen molar-refractivity contribution in [2.75, 3.05) is 25.5 Å². The second-order valence-electron chi connectivity index (χ2n) is 4.69. The largest absolute Gasteiger partial charge is 0.387 e. The molecule has 1 fully saturated rings. The molecule has 1 N–H and O–H groups in total. The number of likely N-dealkylation sites (tertiary alicyclic amines) is 1. The molecular formula is C13H19N3O. The number of hydrogen-bond acceptors (Lipinski definition) is 3. The van der Waals surface area contributed by atoms with Crippen molar-refractivity contribution in [3.05, 3.63) is 24.0 Å². The predicted molar refractivity (Wildman–Crippen MR) is 68.1 cm³/mol. The van der Waals surface area contributed by atoms with Crippen LogP contribution in [0.5, 0.6) is 0 Å². The van der Waals surface area contributed by atoms with Gasteiger partial charge in [-0.3, -0.25) is 9.78 Å². The smallest absolute Gasteiger partial charge is 0.255 e. The molecule has 1 saturated heterocycles. The first-order valence-corrected chi connectivity index (χ1v) is 6.13. The molecule has 2 heterocycles. The maximum Gasteiger partial charge on any atom is 0.255 e. The second-order valence-corrected chi connectivity index (χ2v) is 4.69. The van der Waals surface area contributed by atoms with E-state index in [9.17, 15) is 4.79 Å². The second kappa shape index (κ2) is 5.17. The molecule has 0 aromatic carbocycles. The summed E-state index contributed by atoms with van der Waals surface area (Å²) in [4.78, 5) is 18.2. The Balaban J connectivity index is 2.08. The number of anilines is 1. The molecular weight excluding hydrogens is 214 g/mol. The number of nitrogens with zero attached hydrogens (tertiary/aromatic N) is 2. The maximum atomic E-state index is 12.2. The molecule has 17 heavy (non-hydrogen) atoms. The number of amides is 1. The molecule has 0 atom stereocenters. The zero-order chi connectivity index (χ0) is 12.3. The predicted octanol–water partition coefficient (Wildman–Crippen LogP) is 2.00. The van der Waals surface area contributed by atoms with Gasteiger partial charge in [-0.25, -0.2) is 0 Å². The Bertz CT molecular complexity index is 397. The van der Waals surface area contributed by atoms with Gasteiger partial charge in [0.1, 0.15) is 0 Å². The first-order valence-electron chi connectivity index (χ1n) is 6.13. The molecule has 1 aliphatic heterocycles. The van der Waals surface area contributed by atoms with Crippen LogP contribution in [0.15, 0.2) is 18.5 Å². The highest BCUT2D eigenvalue weighted by Crippen LogP contribution is 2.18. The van der Waals surface area contributed by atoms with Crippen LogP contribution >= 0.6 is 0 Å². The van der Waals surface area contributed by atoms with Gasteiger partial charge >= 0.3 is 0 Å². The van der Waals surface area contributed by atoms with Gasteiger partial charge in [0.15, 0.2) is 0 Å². The van der Waals surface area contributed by atoms with Gasteiger partial charge < -0.3 is 10.2 Å². The van der Waals surface area contributed by atoms with Crippen LogP contribution in [0.25, 0.3) is 0 Å². The van der Waals surface area contributed by atoms with Crippen LogP contribution < -0.4 is 5.32 Å². The summed E-state index contributed by atoms with van der Waals surface area (Å²) >= 11 is 0. The number of nitrogens with one attached hydrogen (secondary N) is 1. The fourth-order valence-corrected chi connectivity index (χ4v) is 2.09. The fraction of sp³-hybridized carbons (Fsp3) is 0.538. The summed E-state index contributed by atoms with van der Waals surface area (Å²) in [6.07, 6.45) is 5.56. The SMILES string of the molecule is CNc1cncc(C(=O)N2CCC(C)CC2)c1. The number of aromatic nitrogens is 1. The van der Waals surface area contributed by atoms with Crippen LogP contribution in [0, 0.1) is 5.92 Å². The first-order chi connectivity index (χ1) is 8.20. The van der Waals surface area contributed by atoms with E-state index in [4.69, 9.17) is 0 Å². The lowest BCUT2D eigenvalue weighted by Crippen LogP contribution is -2.37. The van der Waals surface area contributed by atoms with Crippen molar-refractivity contribution in [3.8, 4) is 0 Å². The molecule has 0 spiro atoms. The zero-order valence-electron chi connectivity index (χ0n) is 10.4. The van der Waals surface area contributed by atoms with E-state index < -0.39 is 0 Å². The standard InChI is InChI=1S/C13H19N3O/c1-10-3-5-16(6-4-10)13(17)11-7-12(14-2)9-15-8-11/h7-10,14H,3-6H2,1-2H3. The lowest BCUT2D eigenvalue weighted by molar-refractivity contribution is 0.0697. The lowest BCUT2D eigenvalue weighted by atomic mass is 9.99. The Morgan fingerprint density at radius 1 is 1.41 bits per heavy atom. The van der Waals surface area contributed by atoms with Gasteiger partial charge in [0.2, 0.25) is 0 Å². The van der Waals surface area contributed by atoms with Crippen LogP contribution in [0.2, 0.25) is 0 Å². The Morgan fingerprint density at radius 2 is 2.12 bits per heavy atom. The summed E-state index contributed by atoms with van der Waals surface area (Å²) in [5.41, 5.74) is 1.55. The van der Waals surface area contributed by atoms with Crippen molar-refractivity contribution in [2.45, 2.75) is 19.8 Å². The number of pyridine rings is 1. The molecule has 2 rings (SSSR count).